The first-order valence-electron chi connectivity index (χ1n) is 6.54. The number of carbonyl (C=O) groups is 1. The first-order valence-corrected chi connectivity index (χ1v) is 6.54. The van der Waals surface area contributed by atoms with Gasteiger partial charge in [0, 0.05) is 19.2 Å². The molecule has 1 amide bonds. The van der Waals surface area contributed by atoms with E-state index in [4.69, 9.17) is 10.2 Å². The normalized spacial score (nSPS) is 10.3. The summed E-state index contributed by atoms with van der Waals surface area (Å²) < 4.78 is 5.36. The van der Waals surface area contributed by atoms with E-state index in [9.17, 15) is 4.79 Å². The van der Waals surface area contributed by atoms with Crippen LogP contribution in [0.15, 0.2) is 41.0 Å². The number of rotatable bonds is 5. The van der Waals surface area contributed by atoms with Crippen molar-refractivity contribution in [2.24, 2.45) is 0 Å². The summed E-state index contributed by atoms with van der Waals surface area (Å²) in [6.07, 6.45) is 1.65. The molecule has 1 aromatic heterocycles. The van der Waals surface area contributed by atoms with E-state index in [1.807, 2.05) is 19.1 Å². The Morgan fingerprint density at radius 3 is 2.80 bits per heavy atom. The van der Waals surface area contributed by atoms with Crippen LogP contribution in [0.5, 0.6) is 0 Å². The molecule has 2 aromatic rings. The van der Waals surface area contributed by atoms with Gasteiger partial charge in [-0.2, -0.15) is 0 Å². The second kappa shape index (κ2) is 6.14. The molecule has 20 heavy (non-hydrogen) atoms. The van der Waals surface area contributed by atoms with Gasteiger partial charge in [0.05, 0.1) is 24.2 Å². The number of benzene rings is 1. The molecule has 2 rings (SSSR count). The average Bonchev–Trinajstić information content (AvgIpc) is 2.97. The van der Waals surface area contributed by atoms with Gasteiger partial charge in [0.15, 0.2) is 0 Å². The Morgan fingerprint density at radius 1 is 1.40 bits per heavy atom. The van der Waals surface area contributed by atoms with Crippen LogP contribution in [-0.2, 0) is 6.54 Å². The molecule has 0 unspecified atom stereocenters. The molecular weight excluding hydrogens is 254 g/mol. The van der Waals surface area contributed by atoms with Crippen molar-refractivity contribution in [1.29, 1.82) is 0 Å². The zero-order chi connectivity index (χ0) is 14.5. The maximum atomic E-state index is 11.7. The highest BCUT2D eigenvalue weighted by molar-refractivity contribution is 5.96. The predicted molar refractivity (Wildman–Crippen MR) is 79.7 cm³/mol. The minimum absolute atomic E-state index is 0.125. The van der Waals surface area contributed by atoms with Crippen molar-refractivity contribution in [1.82, 2.24) is 5.32 Å². The molecule has 0 saturated carbocycles. The molecule has 5 heteroatoms. The molecule has 0 aliphatic carbocycles. The Balaban J connectivity index is 2.30. The number of carbonyl (C=O) groups excluding carboxylic acids is 1. The van der Waals surface area contributed by atoms with Gasteiger partial charge in [-0.25, -0.2) is 0 Å². The van der Waals surface area contributed by atoms with E-state index >= 15 is 0 Å². The molecule has 106 valence electrons. The molecule has 0 fully saturated rings. The van der Waals surface area contributed by atoms with Gasteiger partial charge in [-0.05, 0) is 37.3 Å². The molecule has 0 atom stereocenters. The molecule has 0 aliphatic rings. The van der Waals surface area contributed by atoms with Crippen molar-refractivity contribution < 1.29 is 9.21 Å². The lowest BCUT2D eigenvalue weighted by atomic mass is 10.1. The second-order valence-electron chi connectivity index (χ2n) is 4.45. The van der Waals surface area contributed by atoms with Gasteiger partial charge in [-0.1, -0.05) is 0 Å². The Kier molecular flexibility index (Phi) is 4.30. The first-order chi connectivity index (χ1) is 9.65. The van der Waals surface area contributed by atoms with Crippen LogP contribution >= 0.6 is 0 Å². The van der Waals surface area contributed by atoms with Crippen LogP contribution in [0.3, 0.4) is 0 Å². The van der Waals surface area contributed by atoms with Crippen molar-refractivity contribution in [3.63, 3.8) is 0 Å². The topological polar surface area (TPSA) is 71.5 Å². The highest BCUT2D eigenvalue weighted by Gasteiger charge is 2.13. The van der Waals surface area contributed by atoms with E-state index in [2.05, 4.69) is 10.2 Å². The molecule has 0 radical (unpaired) electrons. The molecule has 0 spiro atoms. The van der Waals surface area contributed by atoms with Gasteiger partial charge in [0.2, 0.25) is 0 Å². The predicted octanol–water partition coefficient (Wildman–Crippen LogP) is 2.25. The number of nitrogen functional groups attached to an aromatic ring is 1. The minimum Gasteiger partial charge on any atom is -0.467 e. The zero-order valence-electron chi connectivity index (χ0n) is 11.7. The lowest BCUT2D eigenvalue weighted by Crippen LogP contribution is -2.24. The van der Waals surface area contributed by atoms with Crippen molar-refractivity contribution in [2.45, 2.75) is 13.5 Å². The largest absolute Gasteiger partial charge is 0.467 e. The maximum absolute atomic E-state index is 11.7. The monoisotopic (exact) mass is 273 g/mol. The molecule has 0 saturated heterocycles. The summed E-state index contributed by atoms with van der Waals surface area (Å²) in [5.41, 5.74) is 8.11. The number of amides is 1. The summed E-state index contributed by atoms with van der Waals surface area (Å²) in [5.74, 6) is 0.733. The quantitative estimate of drug-likeness (QED) is 0.820. The van der Waals surface area contributed by atoms with Crippen LogP contribution in [0.1, 0.15) is 23.0 Å². The third-order valence-electron chi connectivity index (χ3n) is 3.17. The summed E-state index contributed by atoms with van der Waals surface area (Å²) in [6, 6.07) is 9.05. The Morgan fingerprint density at radius 2 is 2.20 bits per heavy atom. The third kappa shape index (κ3) is 2.93. The zero-order valence-corrected chi connectivity index (χ0v) is 11.7. The summed E-state index contributed by atoms with van der Waals surface area (Å²) in [6.45, 7) is 3.42. The smallest absolute Gasteiger partial charge is 0.251 e. The molecule has 1 aromatic carbocycles. The Hall–Kier alpha value is -2.43. The number of furan rings is 1. The lowest BCUT2D eigenvalue weighted by molar-refractivity contribution is 0.0963. The number of hydrogen-bond acceptors (Lipinski definition) is 4. The number of nitrogens with zero attached hydrogens (tertiary/aromatic N) is 1. The van der Waals surface area contributed by atoms with Crippen LogP contribution in [0.25, 0.3) is 0 Å². The standard InChI is InChI=1S/C15H19N3O2/c1-3-18(10-12-5-4-8-20-12)14-9-11(15(19)17-2)6-7-13(14)16/h4-9H,3,10,16H2,1-2H3,(H,17,19). The summed E-state index contributed by atoms with van der Waals surface area (Å²) in [5, 5.41) is 2.61. The van der Waals surface area contributed by atoms with Crippen LogP contribution in [0, 0.1) is 0 Å². The van der Waals surface area contributed by atoms with Crippen LogP contribution < -0.4 is 16.0 Å². The molecule has 0 aliphatic heterocycles. The number of nitrogens with two attached hydrogens (primary N) is 1. The highest BCUT2D eigenvalue weighted by atomic mass is 16.3. The van der Waals surface area contributed by atoms with Crippen molar-refractivity contribution in [2.75, 3.05) is 24.2 Å². The fourth-order valence-corrected chi connectivity index (χ4v) is 2.06. The van der Waals surface area contributed by atoms with Gasteiger partial charge < -0.3 is 20.4 Å². The van der Waals surface area contributed by atoms with E-state index < -0.39 is 0 Å². The van der Waals surface area contributed by atoms with Crippen molar-refractivity contribution >= 4 is 17.3 Å². The molecule has 1 heterocycles. The van der Waals surface area contributed by atoms with E-state index in [1.54, 1.807) is 31.5 Å². The SMILES string of the molecule is CCN(Cc1ccco1)c1cc(C(=O)NC)ccc1N. The highest BCUT2D eigenvalue weighted by Crippen LogP contribution is 2.26. The Bertz CT molecular complexity index is 579. The molecular formula is C15H19N3O2. The molecule has 0 bridgehead atoms. The lowest BCUT2D eigenvalue weighted by Gasteiger charge is -2.24. The number of nitrogens with one attached hydrogen (secondary N) is 1. The number of anilines is 2. The second-order valence-corrected chi connectivity index (χ2v) is 4.45. The average molecular weight is 273 g/mol. The van der Waals surface area contributed by atoms with E-state index in [0.717, 1.165) is 18.0 Å². The van der Waals surface area contributed by atoms with Gasteiger partial charge in [0.25, 0.3) is 5.91 Å². The third-order valence-corrected chi connectivity index (χ3v) is 3.17. The minimum atomic E-state index is -0.125. The molecule has 3 N–H and O–H groups in total. The first kappa shape index (κ1) is 14.0. The number of hydrogen-bond donors (Lipinski definition) is 2. The van der Waals surface area contributed by atoms with E-state index in [-0.39, 0.29) is 5.91 Å². The van der Waals surface area contributed by atoms with Crippen molar-refractivity contribution in [3.05, 3.63) is 47.9 Å². The van der Waals surface area contributed by atoms with Gasteiger partial charge in [-0.15, -0.1) is 0 Å². The fraction of sp³-hybridized carbons (Fsp3) is 0.267. The maximum Gasteiger partial charge on any atom is 0.251 e. The van der Waals surface area contributed by atoms with Crippen LogP contribution in [0.2, 0.25) is 0 Å². The molecule has 5 nitrogen and oxygen atoms in total. The summed E-state index contributed by atoms with van der Waals surface area (Å²) >= 11 is 0. The van der Waals surface area contributed by atoms with Gasteiger partial charge in [-0.3, -0.25) is 4.79 Å². The van der Waals surface area contributed by atoms with E-state index in [1.165, 1.54) is 0 Å². The van der Waals surface area contributed by atoms with E-state index in [0.29, 0.717) is 17.8 Å². The summed E-state index contributed by atoms with van der Waals surface area (Å²) in [7, 11) is 1.61. The van der Waals surface area contributed by atoms with Crippen molar-refractivity contribution in [3.8, 4) is 0 Å². The van der Waals surface area contributed by atoms with Gasteiger partial charge in [0.1, 0.15) is 5.76 Å². The van der Waals surface area contributed by atoms with Gasteiger partial charge >= 0.3 is 0 Å². The van der Waals surface area contributed by atoms with Crippen LogP contribution in [-0.4, -0.2) is 19.5 Å². The fourth-order valence-electron chi connectivity index (χ4n) is 2.06. The Labute approximate surface area is 118 Å². The van der Waals surface area contributed by atoms with Crippen LogP contribution in [0.4, 0.5) is 11.4 Å². The summed E-state index contributed by atoms with van der Waals surface area (Å²) in [4.78, 5) is 13.8.